The van der Waals surface area contributed by atoms with Gasteiger partial charge in [-0.05, 0) is 44.2 Å². The van der Waals surface area contributed by atoms with Crippen molar-refractivity contribution in [2.45, 2.75) is 53.0 Å². The first-order valence-corrected chi connectivity index (χ1v) is 11.3. The number of hydrogen-bond acceptors (Lipinski definition) is 6. The van der Waals surface area contributed by atoms with E-state index in [2.05, 4.69) is 11.0 Å². The molecule has 1 amide bonds. The minimum absolute atomic E-state index is 0.0969. The number of pyridine rings is 1. The smallest absolute Gasteiger partial charge is 0.270 e. The molecule has 154 valence electrons. The van der Waals surface area contributed by atoms with Crippen LogP contribution < -0.4 is 10.5 Å². The van der Waals surface area contributed by atoms with Gasteiger partial charge in [0.2, 0.25) is 0 Å². The molecule has 8 heteroatoms. The van der Waals surface area contributed by atoms with Crippen molar-refractivity contribution >= 4 is 46.1 Å². The summed E-state index contributed by atoms with van der Waals surface area (Å²) in [7, 11) is 0. The molecule has 0 spiro atoms. The predicted molar refractivity (Wildman–Crippen MR) is 122 cm³/mol. The van der Waals surface area contributed by atoms with E-state index in [0.717, 1.165) is 50.2 Å². The highest BCUT2D eigenvalue weighted by Crippen LogP contribution is 2.36. The van der Waals surface area contributed by atoms with E-state index in [4.69, 9.17) is 12.2 Å². The van der Waals surface area contributed by atoms with Gasteiger partial charge in [-0.25, -0.2) is 0 Å². The molecule has 29 heavy (non-hydrogen) atoms. The van der Waals surface area contributed by atoms with Gasteiger partial charge in [-0.3, -0.25) is 19.1 Å². The fraction of sp³-hybridized carbons (Fsp3) is 0.524. The molecule has 0 aliphatic carbocycles. The molecule has 6 nitrogen and oxygen atoms in total. The van der Waals surface area contributed by atoms with Crippen LogP contribution in [-0.2, 0) is 11.3 Å². The van der Waals surface area contributed by atoms with Crippen molar-refractivity contribution in [1.82, 2.24) is 9.47 Å². The number of amides is 1. The summed E-state index contributed by atoms with van der Waals surface area (Å²) in [5.41, 5.74) is 1.32. The number of thioether (sulfide) groups is 1. The maximum atomic E-state index is 13.0. The molecule has 0 atom stereocenters. The summed E-state index contributed by atoms with van der Waals surface area (Å²) in [6, 6.07) is 2.09. The van der Waals surface area contributed by atoms with Crippen LogP contribution in [0.15, 0.2) is 9.70 Å². The predicted octanol–water partition coefficient (Wildman–Crippen LogP) is 3.65. The average molecular weight is 431 g/mol. The standard InChI is InChI=1S/C21H26N4O2S2/c1-4-8-24-18(23-10-6-7-11-23)15(14(3)16(13-22)19(24)26)12-17-20(27)25(9-5-2)21(28)29-17/h12H,4-11H2,1-3H3/b17-12+. The number of hydrogen-bond donors (Lipinski definition) is 0. The molecular formula is C21H26N4O2S2. The Morgan fingerprint density at radius 1 is 1.17 bits per heavy atom. The molecule has 0 N–H and O–H groups in total. The third kappa shape index (κ3) is 3.99. The zero-order valence-electron chi connectivity index (χ0n) is 17.2. The van der Waals surface area contributed by atoms with Crippen LogP contribution in [0.25, 0.3) is 6.08 Å². The van der Waals surface area contributed by atoms with Crippen molar-refractivity contribution < 1.29 is 4.79 Å². The van der Waals surface area contributed by atoms with Crippen LogP contribution in [-0.4, -0.2) is 39.3 Å². The number of anilines is 1. The van der Waals surface area contributed by atoms with E-state index in [9.17, 15) is 14.9 Å². The van der Waals surface area contributed by atoms with Gasteiger partial charge in [0.15, 0.2) is 0 Å². The summed E-state index contributed by atoms with van der Waals surface area (Å²) in [4.78, 5) is 30.3. The highest BCUT2D eigenvalue weighted by atomic mass is 32.2. The van der Waals surface area contributed by atoms with Crippen LogP contribution in [0.4, 0.5) is 5.82 Å². The molecule has 1 aromatic rings. The van der Waals surface area contributed by atoms with Crippen LogP contribution in [0.5, 0.6) is 0 Å². The minimum atomic E-state index is -0.246. The lowest BCUT2D eigenvalue weighted by atomic mass is 10.0. The largest absolute Gasteiger partial charge is 0.357 e. The van der Waals surface area contributed by atoms with Gasteiger partial charge in [-0.2, -0.15) is 5.26 Å². The summed E-state index contributed by atoms with van der Waals surface area (Å²) in [6.07, 6.45) is 5.59. The molecule has 0 radical (unpaired) electrons. The van der Waals surface area contributed by atoms with Gasteiger partial charge < -0.3 is 4.90 Å². The molecule has 3 rings (SSSR count). The lowest BCUT2D eigenvalue weighted by molar-refractivity contribution is -0.122. The van der Waals surface area contributed by atoms with Gasteiger partial charge in [0.05, 0.1) is 4.91 Å². The normalized spacial score (nSPS) is 18.2. The second-order valence-electron chi connectivity index (χ2n) is 7.33. The van der Waals surface area contributed by atoms with Gasteiger partial charge in [0.1, 0.15) is 21.8 Å². The number of thiocarbonyl (C=S) groups is 1. The number of aromatic nitrogens is 1. The van der Waals surface area contributed by atoms with Gasteiger partial charge in [0.25, 0.3) is 11.5 Å². The summed E-state index contributed by atoms with van der Waals surface area (Å²) >= 11 is 6.69. The first-order valence-electron chi connectivity index (χ1n) is 10.1. The first-order chi connectivity index (χ1) is 13.9. The number of nitrogens with zero attached hydrogens (tertiary/aromatic N) is 4. The van der Waals surface area contributed by atoms with E-state index in [0.29, 0.717) is 27.9 Å². The minimum Gasteiger partial charge on any atom is -0.357 e. The maximum Gasteiger partial charge on any atom is 0.270 e. The maximum absolute atomic E-state index is 13.0. The van der Waals surface area contributed by atoms with Gasteiger partial charge in [-0.15, -0.1) is 0 Å². The van der Waals surface area contributed by atoms with E-state index in [1.54, 1.807) is 16.4 Å². The number of nitriles is 1. The third-order valence-corrected chi connectivity index (χ3v) is 6.67. The lowest BCUT2D eigenvalue weighted by Gasteiger charge is -2.26. The van der Waals surface area contributed by atoms with E-state index >= 15 is 0 Å². The Kier molecular flexibility index (Phi) is 6.81. The van der Waals surface area contributed by atoms with Crippen LogP contribution >= 0.6 is 24.0 Å². The Morgan fingerprint density at radius 3 is 2.41 bits per heavy atom. The number of rotatable bonds is 6. The fourth-order valence-electron chi connectivity index (χ4n) is 3.89. The fourth-order valence-corrected chi connectivity index (χ4v) is 5.18. The van der Waals surface area contributed by atoms with Crippen molar-refractivity contribution in [3.8, 4) is 6.07 Å². The molecular weight excluding hydrogens is 404 g/mol. The monoisotopic (exact) mass is 430 g/mol. The van der Waals surface area contributed by atoms with Gasteiger partial charge >= 0.3 is 0 Å². The topological polar surface area (TPSA) is 69.3 Å². The third-order valence-electron chi connectivity index (χ3n) is 5.30. The summed E-state index contributed by atoms with van der Waals surface area (Å²) in [5.74, 6) is 0.729. The van der Waals surface area contributed by atoms with E-state index in [1.807, 2.05) is 19.9 Å². The van der Waals surface area contributed by atoms with E-state index < -0.39 is 0 Å². The van der Waals surface area contributed by atoms with Crippen LogP contribution in [0.2, 0.25) is 0 Å². The van der Waals surface area contributed by atoms with Gasteiger partial charge in [-0.1, -0.05) is 37.8 Å². The lowest BCUT2D eigenvalue weighted by Crippen LogP contribution is -2.33. The summed E-state index contributed by atoms with van der Waals surface area (Å²) < 4.78 is 2.28. The van der Waals surface area contributed by atoms with E-state index in [-0.39, 0.29) is 17.0 Å². The van der Waals surface area contributed by atoms with Crippen molar-refractivity contribution in [2.24, 2.45) is 0 Å². The average Bonchev–Trinajstić information content (AvgIpc) is 3.31. The van der Waals surface area contributed by atoms with Crippen molar-refractivity contribution in [1.29, 1.82) is 5.26 Å². The molecule has 2 aliphatic rings. The second-order valence-corrected chi connectivity index (χ2v) is 9.01. The molecule has 2 fully saturated rings. The summed E-state index contributed by atoms with van der Waals surface area (Å²) in [6.45, 7) is 8.70. The molecule has 2 saturated heterocycles. The molecule has 0 unspecified atom stereocenters. The molecule has 1 aromatic heterocycles. The highest BCUT2D eigenvalue weighted by molar-refractivity contribution is 8.26. The zero-order valence-corrected chi connectivity index (χ0v) is 18.8. The molecule has 3 heterocycles. The molecule has 0 bridgehead atoms. The van der Waals surface area contributed by atoms with Crippen molar-refractivity contribution in [3.63, 3.8) is 0 Å². The Morgan fingerprint density at radius 2 is 1.83 bits per heavy atom. The van der Waals surface area contributed by atoms with E-state index in [1.165, 1.54) is 11.8 Å². The molecule has 0 saturated carbocycles. The number of carbonyl (C=O) groups excluding carboxylic acids is 1. The highest BCUT2D eigenvalue weighted by Gasteiger charge is 2.33. The summed E-state index contributed by atoms with van der Waals surface area (Å²) in [5, 5.41) is 9.64. The van der Waals surface area contributed by atoms with Crippen LogP contribution in [0.3, 0.4) is 0 Å². The molecule has 0 aromatic carbocycles. The zero-order chi connectivity index (χ0) is 21.1. The van der Waals surface area contributed by atoms with Crippen molar-refractivity contribution in [3.05, 3.63) is 31.9 Å². The molecule has 2 aliphatic heterocycles. The van der Waals surface area contributed by atoms with Crippen molar-refractivity contribution in [2.75, 3.05) is 24.5 Å². The number of carbonyl (C=O) groups is 1. The quantitative estimate of drug-likeness (QED) is 0.507. The Hall–Kier alpha value is -2.11. The Bertz CT molecular complexity index is 968. The Balaban J connectivity index is 2.23. The SMILES string of the molecule is CCCN1C(=O)/C(=C\c2c(C)c(C#N)c(=O)n(CCC)c2N2CCCC2)SC1=S. The second kappa shape index (κ2) is 9.14. The van der Waals surface area contributed by atoms with Gasteiger partial charge in [0, 0.05) is 31.7 Å². The van der Waals surface area contributed by atoms with Crippen LogP contribution in [0, 0.1) is 18.3 Å². The van der Waals surface area contributed by atoms with Crippen LogP contribution in [0.1, 0.15) is 56.2 Å². The first kappa shape index (κ1) is 21.6. The Labute approximate surface area is 181 Å².